The van der Waals surface area contributed by atoms with Crippen LogP contribution in [0.15, 0.2) is 66.9 Å². The first kappa shape index (κ1) is 23.5. The Balaban J connectivity index is 1.38. The lowest BCUT2D eigenvalue weighted by molar-refractivity contribution is 0.0299. The van der Waals surface area contributed by atoms with Gasteiger partial charge in [-0.1, -0.05) is 37.3 Å². The molecule has 0 spiro atoms. The molecule has 1 aliphatic heterocycles. The molecule has 5 rings (SSSR count). The van der Waals surface area contributed by atoms with Crippen molar-refractivity contribution < 1.29 is 4.79 Å². The lowest BCUT2D eigenvalue weighted by atomic mass is 9.71. The number of aryl methyl sites for hydroxylation is 1. The zero-order valence-electron chi connectivity index (χ0n) is 20.8. The lowest BCUT2D eigenvalue weighted by Crippen LogP contribution is -2.56. The number of para-hydroxylation sites is 1. The molecule has 1 aromatic heterocycles. The van der Waals surface area contributed by atoms with Crippen LogP contribution < -0.4 is 10.2 Å². The molecule has 2 aromatic carbocycles. The largest absolute Gasteiger partial charge is 0.369 e. The van der Waals surface area contributed by atoms with Gasteiger partial charge in [0, 0.05) is 43.1 Å². The van der Waals surface area contributed by atoms with E-state index in [9.17, 15) is 4.79 Å². The van der Waals surface area contributed by atoms with E-state index in [1.54, 1.807) is 12.3 Å². The smallest absolute Gasteiger partial charge is 0.257 e. The molecule has 6 nitrogen and oxygen atoms in total. The summed E-state index contributed by atoms with van der Waals surface area (Å²) in [4.78, 5) is 18.1. The molecule has 2 heterocycles. The van der Waals surface area contributed by atoms with Crippen molar-refractivity contribution in [3.63, 3.8) is 0 Å². The van der Waals surface area contributed by atoms with Gasteiger partial charge in [0.05, 0.1) is 17.5 Å². The summed E-state index contributed by atoms with van der Waals surface area (Å²) in [5.74, 6) is 0.621. The molecule has 1 aliphatic carbocycles. The predicted octanol–water partition coefficient (Wildman–Crippen LogP) is 5.26. The summed E-state index contributed by atoms with van der Waals surface area (Å²) < 4.78 is 0. The number of nitrogens with one attached hydrogen (secondary N) is 1. The van der Waals surface area contributed by atoms with E-state index in [0.717, 1.165) is 50.6 Å². The van der Waals surface area contributed by atoms with Gasteiger partial charge < -0.3 is 10.2 Å². The third-order valence-electron chi connectivity index (χ3n) is 7.92. The van der Waals surface area contributed by atoms with Gasteiger partial charge in [-0.2, -0.15) is 10.2 Å². The second kappa shape index (κ2) is 10.2. The molecule has 1 saturated heterocycles. The summed E-state index contributed by atoms with van der Waals surface area (Å²) >= 11 is 0. The van der Waals surface area contributed by atoms with E-state index in [-0.39, 0.29) is 11.4 Å². The summed E-state index contributed by atoms with van der Waals surface area (Å²) in [7, 11) is 0. The maximum Gasteiger partial charge on any atom is 0.257 e. The molecule has 3 aromatic rings. The second-order valence-corrected chi connectivity index (χ2v) is 10.1. The van der Waals surface area contributed by atoms with E-state index in [0.29, 0.717) is 11.3 Å². The number of piperazine rings is 1. The molecule has 1 amide bonds. The number of rotatable bonds is 5. The average Bonchev–Trinajstić information content (AvgIpc) is 2.90. The molecule has 2 fully saturated rings. The molecular formula is C29H35N5O. The lowest BCUT2D eigenvalue weighted by Gasteiger charge is -2.51. The summed E-state index contributed by atoms with van der Waals surface area (Å²) in [6, 6.07) is 21.0. The van der Waals surface area contributed by atoms with Gasteiger partial charge >= 0.3 is 0 Å². The van der Waals surface area contributed by atoms with Crippen LogP contribution in [0.4, 0.5) is 11.4 Å². The van der Waals surface area contributed by atoms with Gasteiger partial charge in [0.25, 0.3) is 5.91 Å². The van der Waals surface area contributed by atoms with Crippen molar-refractivity contribution in [2.45, 2.75) is 45.1 Å². The number of carbonyl (C=O) groups is 1. The molecule has 6 heteroatoms. The molecule has 35 heavy (non-hydrogen) atoms. The Morgan fingerprint density at radius 1 is 0.971 bits per heavy atom. The molecule has 0 radical (unpaired) electrons. The fourth-order valence-corrected chi connectivity index (χ4v) is 5.79. The molecular weight excluding hydrogens is 434 g/mol. The van der Waals surface area contributed by atoms with Crippen LogP contribution in [0, 0.1) is 12.8 Å². The quantitative estimate of drug-likeness (QED) is 0.552. The summed E-state index contributed by atoms with van der Waals surface area (Å²) in [5, 5.41) is 11.0. The maximum absolute atomic E-state index is 12.9. The highest BCUT2D eigenvalue weighted by atomic mass is 16.1. The number of hydrogen-bond acceptors (Lipinski definition) is 5. The van der Waals surface area contributed by atoms with E-state index in [4.69, 9.17) is 0 Å². The van der Waals surface area contributed by atoms with Crippen molar-refractivity contribution in [3.05, 3.63) is 83.7 Å². The van der Waals surface area contributed by atoms with Crippen molar-refractivity contribution in [2.75, 3.05) is 36.4 Å². The molecule has 182 valence electrons. The number of carbonyl (C=O) groups excluding carboxylic acids is 1. The van der Waals surface area contributed by atoms with Crippen LogP contribution in [0.5, 0.6) is 0 Å². The molecule has 0 bridgehead atoms. The van der Waals surface area contributed by atoms with Crippen molar-refractivity contribution in [1.29, 1.82) is 0 Å². The number of aromatic nitrogens is 2. The van der Waals surface area contributed by atoms with E-state index < -0.39 is 0 Å². The van der Waals surface area contributed by atoms with Gasteiger partial charge in [-0.15, -0.1) is 0 Å². The normalized spacial score (nSPS) is 23.1. The van der Waals surface area contributed by atoms with E-state index in [1.165, 1.54) is 24.1 Å². The van der Waals surface area contributed by atoms with Crippen LogP contribution in [0.3, 0.4) is 0 Å². The van der Waals surface area contributed by atoms with Crippen molar-refractivity contribution in [1.82, 2.24) is 15.1 Å². The Hall–Kier alpha value is -3.25. The van der Waals surface area contributed by atoms with Crippen molar-refractivity contribution in [3.8, 4) is 0 Å². The van der Waals surface area contributed by atoms with Crippen LogP contribution >= 0.6 is 0 Å². The van der Waals surface area contributed by atoms with Gasteiger partial charge in [0.1, 0.15) is 0 Å². The van der Waals surface area contributed by atoms with Gasteiger partial charge in [-0.3, -0.25) is 9.69 Å². The Kier molecular flexibility index (Phi) is 6.82. The highest BCUT2D eigenvalue weighted by Gasteiger charge is 2.42. The van der Waals surface area contributed by atoms with E-state index in [2.05, 4.69) is 80.8 Å². The second-order valence-electron chi connectivity index (χ2n) is 10.1. The zero-order chi connectivity index (χ0) is 24.3. The van der Waals surface area contributed by atoms with Crippen molar-refractivity contribution >= 4 is 17.3 Å². The predicted molar refractivity (Wildman–Crippen MR) is 141 cm³/mol. The number of hydrogen-bond donors (Lipinski definition) is 1. The minimum atomic E-state index is -0.141. The number of nitrogens with zero attached hydrogens (tertiary/aromatic N) is 4. The molecule has 2 aliphatic rings. The highest BCUT2D eigenvalue weighted by Crippen LogP contribution is 2.45. The molecule has 1 saturated carbocycles. The fraction of sp³-hybridized carbons (Fsp3) is 0.414. The standard InChI is InChI=1S/C29H35N5O/c1-22-11-14-29(15-12-22,34-19-17-33(18-20-34)26-9-4-3-5-10-26)24-7-6-8-25(21-24)31-28(35)27-13-16-30-32-23(27)2/h3-10,13,16,21-22H,11-12,14-15,17-20H2,1-2H3,(H,31,35). The van der Waals surface area contributed by atoms with Gasteiger partial charge in [-0.25, -0.2) is 0 Å². The van der Waals surface area contributed by atoms with Crippen LogP contribution in [-0.4, -0.2) is 47.2 Å². The highest BCUT2D eigenvalue weighted by molar-refractivity contribution is 6.04. The number of anilines is 2. The minimum Gasteiger partial charge on any atom is -0.369 e. The Labute approximate surface area is 208 Å². The first-order valence-electron chi connectivity index (χ1n) is 12.8. The fourth-order valence-electron chi connectivity index (χ4n) is 5.79. The SMILES string of the molecule is Cc1nnccc1C(=O)Nc1cccc(C2(N3CCN(c4ccccc4)CC3)CCC(C)CC2)c1. The van der Waals surface area contributed by atoms with E-state index in [1.807, 2.05) is 13.0 Å². The van der Waals surface area contributed by atoms with Crippen LogP contribution in [0.2, 0.25) is 0 Å². The van der Waals surface area contributed by atoms with Crippen LogP contribution in [0.25, 0.3) is 0 Å². The first-order chi connectivity index (χ1) is 17.0. The summed E-state index contributed by atoms with van der Waals surface area (Å²) in [6.45, 7) is 8.34. The average molecular weight is 470 g/mol. The van der Waals surface area contributed by atoms with E-state index >= 15 is 0 Å². The third-order valence-corrected chi connectivity index (χ3v) is 7.92. The summed E-state index contributed by atoms with van der Waals surface area (Å²) in [6.07, 6.45) is 6.34. The third kappa shape index (κ3) is 4.94. The van der Waals surface area contributed by atoms with Gasteiger partial charge in [0.2, 0.25) is 0 Å². The zero-order valence-corrected chi connectivity index (χ0v) is 20.8. The molecule has 0 atom stereocenters. The Bertz CT molecular complexity index is 1150. The monoisotopic (exact) mass is 469 g/mol. The summed E-state index contributed by atoms with van der Waals surface area (Å²) in [5.41, 5.74) is 4.68. The first-order valence-corrected chi connectivity index (χ1v) is 12.8. The minimum absolute atomic E-state index is 0.0180. The Morgan fingerprint density at radius 3 is 2.43 bits per heavy atom. The van der Waals surface area contributed by atoms with Crippen LogP contribution in [0.1, 0.15) is 54.2 Å². The number of benzene rings is 2. The molecule has 1 N–H and O–H groups in total. The van der Waals surface area contributed by atoms with Gasteiger partial charge in [0.15, 0.2) is 0 Å². The van der Waals surface area contributed by atoms with Crippen LogP contribution in [-0.2, 0) is 5.54 Å². The van der Waals surface area contributed by atoms with Gasteiger partial charge in [-0.05, 0) is 74.4 Å². The maximum atomic E-state index is 12.9. The topological polar surface area (TPSA) is 61.4 Å². The van der Waals surface area contributed by atoms with Crippen molar-refractivity contribution in [2.24, 2.45) is 5.92 Å². The Morgan fingerprint density at radius 2 is 1.71 bits per heavy atom. The number of amides is 1. The molecule has 0 unspecified atom stereocenters.